The van der Waals surface area contributed by atoms with E-state index in [1.165, 1.54) is 12.1 Å². The minimum Gasteiger partial charge on any atom is -0.477 e. The highest BCUT2D eigenvalue weighted by atomic mass is 16.4. The molecular formula is C11H12N2O4. The number of carboxylic acids is 2. The number of carboxylic acid groups (broad SMARTS) is 2. The van der Waals surface area contributed by atoms with E-state index in [0.29, 0.717) is 5.69 Å². The quantitative estimate of drug-likeness (QED) is 0.816. The molecule has 1 aliphatic heterocycles. The molecule has 1 saturated heterocycles. The average molecular weight is 236 g/mol. The van der Waals surface area contributed by atoms with Crippen LogP contribution in [0.3, 0.4) is 0 Å². The number of rotatable bonds is 3. The zero-order chi connectivity index (χ0) is 12.4. The predicted molar refractivity (Wildman–Crippen MR) is 59.6 cm³/mol. The Morgan fingerprint density at radius 2 is 1.53 bits per heavy atom. The van der Waals surface area contributed by atoms with E-state index in [4.69, 9.17) is 10.2 Å². The van der Waals surface area contributed by atoms with Crippen LogP contribution in [0.5, 0.6) is 0 Å². The number of aromatic nitrogens is 1. The monoisotopic (exact) mass is 236 g/mol. The van der Waals surface area contributed by atoms with E-state index in [9.17, 15) is 9.59 Å². The maximum Gasteiger partial charge on any atom is 0.354 e. The van der Waals surface area contributed by atoms with Gasteiger partial charge in [-0.2, -0.15) is 0 Å². The fraction of sp³-hybridized carbons (Fsp3) is 0.364. The molecule has 0 unspecified atom stereocenters. The van der Waals surface area contributed by atoms with Crippen molar-refractivity contribution < 1.29 is 19.8 Å². The third-order valence-corrected chi connectivity index (χ3v) is 2.72. The topological polar surface area (TPSA) is 90.7 Å². The first-order valence-electron chi connectivity index (χ1n) is 5.31. The summed E-state index contributed by atoms with van der Waals surface area (Å²) < 4.78 is 0. The molecule has 90 valence electrons. The summed E-state index contributed by atoms with van der Waals surface area (Å²) in [4.78, 5) is 27.3. The molecule has 0 radical (unpaired) electrons. The van der Waals surface area contributed by atoms with Crippen LogP contribution in [-0.4, -0.2) is 40.2 Å². The van der Waals surface area contributed by atoms with E-state index in [0.717, 1.165) is 25.9 Å². The van der Waals surface area contributed by atoms with Gasteiger partial charge in [0.1, 0.15) is 0 Å². The van der Waals surface area contributed by atoms with Gasteiger partial charge in [0, 0.05) is 18.8 Å². The van der Waals surface area contributed by atoms with E-state index in [-0.39, 0.29) is 11.4 Å². The van der Waals surface area contributed by atoms with Crippen LogP contribution in [0.2, 0.25) is 0 Å². The van der Waals surface area contributed by atoms with Gasteiger partial charge in [-0.25, -0.2) is 14.6 Å². The molecular weight excluding hydrogens is 224 g/mol. The van der Waals surface area contributed by atoms with Crippen molar-refractivity contribution in [1.82, 2.24) is 4.98 Å². The number of aromatic carboxylic acids is 2. The maximum absolute atomic E-state index is 10.9. The first-order valence-corrected chi connectivity index (χ1v) is 5.31. The third-order valence-electron chi connectivity index (χ3n) is 2.72. The van der Waals surface area contributed by atoms with E-state index in [1.54, 1.807) is 0 Å². The molecule has 1 fully saturated rings. The number of anilines is 1. The number of pyridine rings is 1. The lowest BCUT2D eigenvalue weighted by Gasteiger charge is -2.18. The van der Waals surface area contributed by atoms with Crippen molar-refractivity contribution in [3.05, 3.63) is 23.5 Å². The average Bonchev–Trinajstić information content (AvgIpc) is 2.81. The lowest BCUT2D eigenvalue weighted by molar-refractivity contribution is 0.0685. The number of carbonyl (C=O) groups is 2. The van der Waals surface area contributed by atoms with Crippen molar-refractivity contribution in [2.24, 2.45) is 0 Å². The minimum atomic E-state index is -1.21. The van der Waals surface area contributed by atoms with Gasteiger partial charge in [0.2, 0.25) is 0 Å². The predicted octanol–water partition coefficient (Wildman–Crippen LogP) is 1.08. The van der Waals surface area contributed by atoms with Crippen LogP contribution in [0.25, 0.3) is 0 Å². The fourth-order valence-electron chi connectivity index (χ4n) is 1.89. The van der Waals surface area contributed by atoms with Crippen LogP contribution in [0.4, 0.5) is 5.69 Å². The SMILES string of the molecule is O=C(O)c1cc(N2CCCC2)cc(C(=O)O)n1. The van der Waals surface area contributed by atoms with Crippen LogP contribution >= 0.6 is 0 Å². The van der Waals surface area contributed by atoms with Crippen LogP contribution in [0.15, 0.2) is 12.1 Å². The van der Waals surface area contributed by atoms with Crippen molar-refractivity contribution in [3.63, 3.8) is 0 Å². The van der Waals surface area contributed by atoms with Crippen LogP contribution in [0.1, 0.15) is 33.8 Å². The molecule has 2 N–H and O–H groups in total. The molecule has 0 spiro atoms. The second kappa shape index (κ2) is 4.40. The Balaban J connectivity index is 2.43. The molecule has 1 aromatic rings. The Labute approximate surface area is 97.5 Å². The van der Waals surface area contributed by atoms with Gasteiger partial charge in [0.25, 0.3) is 0 Å². The summed E-state index contributed by atoms with van der Waals surface area (Å²) in [6.07, 6.45) is 2.07. The van der Waals surface area contributed by atoms with E-state index < -0.39 is 11.9 Å². The molecule has 6 nitrogen and oxygen atoms in total. The summed E-state index contributed by atoms with van der Waals surface area (Å²) in [6, 6.07) is 2.83. The molecule has 0 aliphatic carbocycles. The standard InChI is InChI=1S/C11H12N2O4/c14-10(15)8-5-7(13-3-1-2-4-13)6-9(12-8)11(16)17/h5-6H,1-4H2,(H,14,15)(H,16,17). The summed E-state index contributed by atoms with van der Waals surface area (Å²) in [7, 11) is 0. The van der Waals surface area contributed by atoms with Crippen molar-refractivity contribution >= 4 is 17.6 Å². The van der Waals surface area contributed by atoms with Gasteiger partial charge in [-0.15, -0.1) is 0 Å². The second-order valence-electron chi connectivity index (χ2n) is 3.90. The van der Waals surface area contributed by atoms with Gasteiger partial charge in [0.15, 0.2) is 11.4 Å². The Hall–Kier alpha value is -2.11. The van der Waals surface area contributed by atoms with Crippen molar-refractivity contribution in [2.75, 3.05) is 18.0 Å². The van der Waals surface area contributed by atoms with Gasteiger partial charge in [-0.05, 0) is 25.0 Å². The minimum absolute atomic E-state index is 0.230. The molecule has 2 heterocycles. The summed E-state index contributed by atoms with van der Waals surface area (Å²) in [6.45, 7) is 1.64. The first kappa shape index (κ1) is 11.4. The highest BCUT2D eigenvalue weighted by Crippen LogP contribution is 2.21. The lowest BCUT2D eigenvalue weighted by atomic mass is 10.2. The lowest BCUT2D eigenvalue weighted by Crippen LogP contribution is -2.19. The molecule has 1 aliphatic rings. The van der Waals surface area contributed by atoms with Gasteiger partial charge in [-0.3, -0.25) is 0 Å². The van der Waals surface area contributed by atoms with Crippen molar-refractivity contribution in [3.8, 4) is 0 Å². The first-order chi connectivity index (χ1) is 8.08. The van der Waals surface area contributed by atoms with Gasteiger partial charge in [0.05, 0.1) is 0 Å². The van der Waals surface area contributed by atoms with Gasteiger partial charge in [-0.1, -0.05) is 0 Å². The molecule has 0 bridgehead atoms. The van der Waals surface area contributed by atoms with Crippen LogP contribution in [0, 0.1) is 0 Å². The zero-order valence-corrected chi connectivity index (χ0v) is 9.09. The molecule has 2 rings (SSSR count). The van der Waals surface area contributed by atoms with Gasteiger partial charge < -0.3 is 15.1 Å². The van der Waals surface area contributed by atoms with Crippen LogP contribution in [-0.2, 0) is 0 Å². The Kier molecular flexibility index (Phi) is 2.95. The molecule has 0 saturated carbocycles. The van der Waals surface area contributed by atoms with Crippen molar-refractivity contribution in [1.29, 1.82) is 0 Å². The Morgan fingerprint density at radius 1 is 1.06 bits per heavy atom. The molecule has 1 aromatic heterocycles. The fourth-order valence-corrected chi connectivity index (χ4v) is 1.89. The Morgan fingerprint density at radius 3 is 1.94 bits per heavy atom. The summed E-state index contributed by atoms with van der Waals surface area (Å²) in [5.74, 6) is -2.43. The highest BCUT2D eigenvalue weighted by Gasteiger charge is 2.18. The normalized spacial score (nSPS) is 14.9. The number of hydrogen-bond acceptors (Lipinski definition) is 4. The van der Waals surface area contributed by atoms with E-state index >= 15 is 0 Å². The van der Waals surface area contributed by atoms with Crippen LogP contribution < -0.4 is 4.90 Å². The largest absolute Gasteiger partial charge is 0.477 e. The zero-order valence-electron chi connectivity index (χ0n) is 9.09. The van der Waals surface area contributed by atoms with Crippen molar-refractivity contribution in [2.45, 2.75) is 12.8 Å². The third kappa shape index (κ3) is 2.35. The summed E-state index contributed by atoms with van der Waals surface area (Å²) >= 11 is 0. The van der Waals surface area contributed by atoms with E-state index in [2.05, 4.69) is 4.98 Å². The number of hydrogen-bond donors (Lipinski definition) is 2. The molecule has 6 heteroatoms. The smallest absolute Gasteiger partial charge is 0.354 e. The van der Waals surface area contributed by atoms with E-state index in [1.807, 2.05) is 4.90 Å². The molecule has 0 atom stereocenters. The Bertz CT molecular complexity index is 434. The molecule has 17 heavy (non-hydrogen) atoms. The highest BCUT2D eigenvalue weighted by molar-refractivity contribution is 5.91. The van der Waals surface area contributed by atoms with Gasteiger partial charge >= 0.3 is 11.9 Å². The maximum atomic E-state index is 10.9. The number of nitrogens with zero attached hydrogens (tertiary/aromatic N) is 2. The molecule has 0 aromatic carbocycles. The second-order valence-corrected chi connectivity index (χ2v) is 3.90. The molecule has 0 amide bonds. The summed E-state index contributed by atoms with van der Waals surface area (Å²) in [5.41, 5.74) is 0.158. The summed E-state index contributed by atoms with van der Waals surface area (Å²) in [5, 5.41) is 17.8.